The maximum atomic E-state index is 5.89. The van der Waals surface area contributed by atoms with Gasteiger partial charge in [-0.1, -0.05) is 18.2 Å². The van der Waals surface area contributed by atoms with Crippen LogP contribution in [0.3, 0.4) is 0 Å². The molecule has 0 radical (unpaired) electrons. The summed E-state index contributed by atoms with van der Waals surface area (Å²) in [5.41, 5.74) is 10.7. The summed E-state index contributed by atoms with van der Waals surface area (Å²) in [7, 11) is 0. The van der Waals surface area contributed by atoms with Gasteiger partial charge in [-0.25, -0.2) is 0 Å². The Labute approximate surface area is 109 Å². The van der Waals surface area contributed by atoms with Crippen molar-refractivity contribution in [3.8, 4) is 0 Å². The van der Waals surface area contributed by atoms with Crippen molar-refractivity contribution < 1.29 is 0 Å². The van der Waals surface area contributed by atoms with E-state index in [1.165, 1.54) is 31.3 Å². The minimum atomic E-state index is 0.396. The molecule has 0 spiro atoms. The summed E-state index contributed by atoms with van der Waals surface area (Å²) in [5.74, 6) is 1.29. The topological polar surface area (TPSA) is 50.4 Å². The first-order valence-electron chi connectivity index (χ1n) is 7.24. The monoisotopic (exact) mass is 245 g/mol. The SMILES string of the molecule is NC1CCC(C=NN[C@@H]2C[C@H]2C2=CCCC=C2)C1. The average molecular weight is 245 g/mol. The Kier molecular flexibility index (Phi) is 3.50. The van der Waals surface area contributed by atoms with E-state index in [2.05, 4.69) is 35.0 Å². The summed E-state index contributed by atoms with van der Waals surface area (Å²) in [6.45, 7) is 0. The molecule has 2 saturated carbocycles. The fraction of sp³-hybridized carbons (Fsp3) is 0.667. The minimum Gasteiger partial charge on any atom is -0.328 e. The van der Waals surface area contributed by atoms with E-state index < -0.39 is 0 Å². The summed E-state index contributed by atoms with van der Waals surface area (Å²) in [5, 5.41) is 4.41. The van der Waals surface area contributed by atoms with Crippen LogP contribution in [0.2, 0.25) is 0 Å². The van der Waals surface area contributed by atoms with Crippen LogP contribution < -0.4 is 11.2 Å². The van der Waals surface area contributed by atoms with Crippen LogP contribution in [0.4, 0.5) is 0 Å². The van der Waals surface area contributed by atoms with Crippen LogP contribution in [-0.2, 0) is 0 Å². The van der Waals surface area contributed by atoms with E-state index >= 15 is 0 Å². The zero-order chi connectivity index (χ0) is 12.4. The van der Waals surface area contributed by atoms with Gasteiger partial charge in [-0.3, -0.25) is 0 Å². The highest BCUT2D eigenvalue weighted by atomic mass is 15.3. The normalized spacial score (nSPS) is 39.1. The van der Waals surface area contributed by atoms with Gasteiger partial charge in [0.1, 0.15) is 0 Å². The second-order valence-corrected chi connectivity index (χ2v) is 5.87. The molecule has 0 saturated heterocycles. The largest absolute Gasteiger partial charge is 0.328 e. The second kappa shape index (κ2) is 5.27. The molecule has 0 amide bonds. The summed E-state index contributed by atoms with van der Waals surface area (Å²) in [4.78, 5) is 0. The molecular formula is C15H23N3. The van der Waals surface area contributed by atoms with Gasteiger partial charge in [-0.15, -0.1) is 0 Å². The molecule has 3 aliphatic rings. The fourth-order valence-electron chi connectivity index (χ4n) is 3.05. The Balaban J connectivity index is 1.41. The van der Waals surface area contributed by atoms with E-state index in [4.69, 9.17) is 5.73 Å². The van der Waals surface area contributed by atoms with E-state index in [0.29, 0.717) is 23.9 Å². The molecule has 18 heavy (non-hydrogen) atoms. The van der Waals surface area contributed by atoms with Crippen molar-refractivity contribution in [1.82, 2.24) is 5.43 Å². The van der Waals surface area contributed by atoms with Gasteiger partial charge in [-0.05, 0) is 50.0 Å². The summed E-state index contributed by atoms with van der Waals surface area (Å²) >= 11 is 0. The van der Waals surface area contributed by atoms with E-state index in [1.54, 1.807) is 0 Å². The highest BCUT2D eigenvalue weighted by Crippen LogP contribution is 2.39. The highest BCUT2D eigenvalue weighted by Gasteiger charge is 2.39. The van der Waals surface area contributed by atoms with Crippen LogP contribution in [0.1, 0.15) is 38.5 Å². The molecule has 3 N–H and O–H groups in total. The van der Waals surface area contributed by atoms with Crippen molar-refractivity contribution in [2.24, 2.45) is 22.7 Å². The number of hydrogen-bond acceptors (Lipinski definition) is 3. The summed E-state index contributed by atoms with van der Waals surface area (Å²) < 4.78 is 0. The minimum absolute atomic E-state index is 0.396. The maximum absolute atomic E-state index is 5.89. The van der Waals surface area contributed by atoms with Crippen molar-refractivity contribution in [3.63, 3.8) is 0 Å². The quantitative estimate of drug-likeness (QED) is 0.590. The zero-order valence-electron chi connectivity index (χ0n) is 10.9. The highest BCUT2D eigenvalue weighted by molar-refractivity contribution is 5.61. The Morgan fingerprint density at radius 3 is 2.94 bits per heavy atom. The first kappa shape index (κ1) is 12.0. The molecular weight excluding hydrogens is 222 g/mol. The Morgan fingerprint density at radius 1 is 1.28 bits per heavy atom. The molecule has 3 aliphatic carbocycles. The van der Waals surface area contributed by atoms with Gasteiger partial charge < -0.3 is 11.2 Å². The molecule has 3 heteroatoms. The van der Waals surface area contributed by atoms with Crippen molar-refractivity contribution >= 4 is 6.21 Å². The summed E-state index contributed by atoms with van der Waals surface area (Å²) in [6, 6.07) is 0.956. The molecule has 98 valence electrons. The molecule has 0 aliphatic heterocycles. The Hall–Kier alpha value is -1.09. The fourth-order valence-corrected chi connectivity index (χ4v) is 3.05. The molecule has 0 aromatic carbocycles. The number of allylic oxidation sites excluding steroid dienone is 3. The molecule has 0 aromatic heterocycles. The van der Waals surface area contributed by atoms with Crippen molar-refractivity contribution in [3.05, 3.63) is 23.8 Å². The van der Waals surface area contributed by atoms with Crippen LogP contribution in [0.15, 0.2) is 28.9 Å². The van der Waals surface area contributed by atoms with Crippen LogP contribution in [-0.4, -0.2) is 18.3 Å². The Bertz CT molecular complexity index is 383. The van der Waals surface area contributed by atoms with Crippen molar-refractivity contribution in [2.75, 3.05) is 0 Å². The van der Waals surface area contributed by atoms with Gasteiger partial charge in [0.15, 0.2) is 0 Å². The van der Waals surface area contributed by atoms with Crippen LogP contribution in [0, 0.1) is 11.8 Å². The Morgan fingerprint density at radius 2 is 2.22 bits per heavy atom. The second-order valence-electron chi connectivity index (χ2n) is 5.87. The van der Waals surface area contributed by atoms with Gasteiger partial charge in [0.05, 0.1) is 6.04 Å². The zero-order valence-corrected chi connectivity index (χ0v) is 10.9. The van der Waals surface area contributed by atoms with Crippen LogP contribution in [0.25, 0.3) is 0 Å². The standard InChI is InChI=1S/C15H23N3/c16-13-7-6-11(8-13)10-17-18-15-9-14(15)12-4-2-1-3-5-12/h2,4-5,10-11,13-15,18H,1,3,6-9,16H2/t11?,13?,14-,15+/m0/s1. The third-order valence-corrected chi connectivity index (χ3v) is 4.28. The van der Waals surface area contributed by atoms with Gasteiger partial charge in [0.2, 0.25) is 0 Å². The lowest BCUT2D eigenvalue weighted by atomic mass is 10.0. The summed E-state index contributed by atoms with van der Waals surface area (Å²) in [6.07, 6.45) is 16.1. The first-order valence-corrected chi connectivity index (χ1v) is 7.24. The molecule has 0 aromatic rings. The number of hydrogen-bond donors (Lipinski definition) is 2. The third kappa shape index (κ3) is 2.83. The predicted octanol–water partition coefficient (Wildman–Crippen LogP) is 2.35. The number of nitrogens with one attached hydrogen (secondary N) is 1. The molecule has 0 heterocycles. The van der Waals surface area contributed by atoms with E-state index in [-0.39, 0.29) is 0 Å². The molecule has 3 nitrogen and oxygen atoms in total. The first-order chi connectivity index (χ1) is 8.83. The number of hydrazone groups is 1. The van der Waals surface area contributed by atoms with E-state index in [0.717, 1.165) is 12.8 Å². The maximum Gasteiger partial charge on any atom is 0.0515 e. The molecule has 3 rings (SSSR count). The van der Waals surface area contributed by atoms with Gasteiger partial charge in [0.25, 0.3) is 0 Å². The number of rotatable bonds is 4. The average Bonchev–Trinajstić information content (AvgIpc) is 3.05. The van der Waals surface area contributed by atoms with Crippen LogP contribution in [0.5, 0.6) is 0 Å². The smallest absolute Gasteiger partial charge is 0.0515 e. The lowest BCUT2D eigenvalue weighted by Crippen LogP contribution is -2.16. The number of nitrogens with two attached hydrogens (primary N) is 1. The van der Waals surface area contributed by atoms with Gasteiger partial charge in [-0.2, -0.15) is 5.10 Å². The molecule has 2 unspecified atom stereocenters. The number of nitrogens with zero attached hydrogens (tertiary/aromatic N) is 1. The lowest BCUT2D eigenvalue weighted by molar-refractivity contribution is 0.663. The van der Waals surface area contributed by atoms with Crippen molar-refractivity contribution in [1.29, 1.82) is 0 Å². The lowest BCUT2D eigenvalue weighted by Gasteiger charge is -2.06. The van der Waals surface area contributed by atoms with Gasteiger partial charge >= 0.3 is 0 Å². The van der Waals surface area contributed by atoms with E-state index in [9.17, 15) is 0 Å². The van der Waals surface area contributed by atoms with E-state index in [1.807, 2.05) is 0 Å². The molecule has 2 fully saturated rings. The van der Waals surface area contributed by atoms with Gasteiger partial charge in [0, 0.05) is 18.2 Å². The van der Waals surface area contributed by atoms with Crippen LogP contribution >= 0.6 is 0 Å². The van der Waals surface area contributed by atoms with Crippen molar-refractivity contribution in [2.45, 2.75) is 50.6 Å². The molecule has 0 bridgehead atoms. The molecule has 4 atom stereocenters. The predicted molar refractivity (Wildman–Crippen MR) is 75.3 cm³/mol. The third-order valence-electron chi connectivity index (χ3n) is 4.28.